The summed E-state index contributed by atoms with van der Waals surface area (Å²) < 4.78 is 0. The van der Waals surface area contributed by atoms with Crippen molar-refractivity contribution < 1.29 is 5.11 Å². The van der Waals surface area contributed by atoms with Crippen molar-refractivity contribution in [1.82, 2.24) is 9.80 Å². The van der Waals surface area contributed by atoms with Gasteiger partial charge in [-0.15, -0.1) is 0 Å². The van der Waals surface area contributed by atoms with Gasteiger partial charge in [-0.2, -0.15) is 0 Å². The second-order valence-corrected chi connectivity index (χ2v) is 5.65. The van der Waals surface area contributed by atoms with Gasteiger partial charge in [0, 0.05) is 31.9 Å². The van der Waals surface area contributed by atoms with Gasteiger partial charge in [0.15, 0.2) is 0 Å². The molecule has 2 unspecified atom stereocenters. The van der Waals surface area contributed by atoms with Crippen LogP contribution in [-0.4, -0.2) is 40.3 Å². The van der Waals surface area contributed by atoms with Gasteiger partial charge < -0.3 is 10.0 Å². The summed E-state index contributed by atoms with van der Waals surface area (Å²) in [4.78, 5) is 4.56. The number of hydrogen-bond donors (Lipinski definition) is 1. The Morgan fingerprint density at radius 3 is 3.00 bits per heavy atom. The molecule has 19 heavy (non-hydrogen) atoms. The standard InChI is InChI=1S/C16H22N2O/c1-13(11-18-9-4-7-16(18)19)17-10-8-14-5-2-3-6-15(14)12-17/h2-3,5-6,8,10,13,16,19H,4,7,9,11-12H2,1H3. The summed E-state index contributed by atoms with van der Waals surface area (Å²) in [7, 11) is 0. The zero-order chi connectivity index (χ0) is 13.2. The summed E-state index contributed by atoms with van der Waals surface area (Å²) >= 11 is 0. The molecule has 0 amide bonds. The summed E-state index contributed by atoms with van der Waals surface area (Å²) in [6.07, 6.45) is 6.19. The van der Waals surface area contributed by atoms with Gasteiger partial charge in [-0.3, -0.25) is 4.90 Å². The smallest absolute Gasteiger partial charge is 0.107 e. The lowest BCUT2D eigenvalue weighted by Gasteiger charge is -2.34. The number of rotatable bonds is 3. The van der Waals surface area contributed by atoms with Crippen molar-refractivity contribution in [3.8, 4) is 0 Å². The predicted octanol–water partition coefficient (Wildman–Crippen LogP) is 2.28. The van der Waals surface area contributed by atoms with E-state index in [-0.39, 0.29) is 6.23 Å². The quantitative estimate of drug-likeness (QED) is 0.901. The molecule has 0 bridgehead atoms. The van der Waals surface area contributed by atoms with Crippen LogP contribution in [-0.2, 0) is 6.54 Å². The minimum Gasteiger partial charge on any atom is -0.378 e. The molecule has 0 saturated carbocycles. The molecule has 3 rings (SSSR count). The second kappa shape index (κ2) is 5.35. The molecular formula is C16H22N2O. The number of aliphatic hydroxyl groups is 1. The van der Waals surface area contributed by atoms with E-state index in [1.165, 1.54) is 11.1 Å². The van der Waals surface area contributed by atoms with Gasteiger partial charge in [0.25, 0.3) is 0 Å². The number of likely N-dealkylation sites (tertiary alicyclic amines) is 1. The van der Waals surface area contributed by atoms with Gasteiger partial charge in [-0.05, 0) is 37.0 Å². The third-order valence-electron chi connectivity index (χ3n) is 4.25. The largest absolute Gasteiger partial charge is 0.378 e. The van der Waals surface area contributed by atoms with Gasteiger partial charge >= 0.3 is 0 Å². The van der Waals surface area contributed by atoms with E-state index < -0.39 is 0 Å². The number of aliphatic hydroxyl groups excluding tert-OH is 1. The molecule has 102 valence electrons. The first-order chi connectivity index (χ1) is 9.24. The van der Waals surface area contributed by atoms with Crippen LogP contribution in [0.1, 0.15) is 30.9 Å². The fraction of sp³-hybridized carbons (Fsp3) is 0.500. The second-order valence-electron chi connectivity index (χ2n) is 5.65. The molecule has 0 spiro atoms. The number of hydrogen-bond acceptors (Lipinski definition) is 3. The maximum Gasteiger partial charge on any atom is 0.107 e. The van der Waals surface area contributed by atoms with Crippen LogP contribution in [0.25, 0.3) is 6.08 Å². The van der Waals surface area contributed by atoms with Crippen LogP contribution in [0.3, 0.4) is 0 Å². The molecule has 1 aromatic rings. The van der Waals surface area contributed by atoms with Gasteiger partial charge in [0.05, 0.1) is 0 Å². The average Bonchev–Trinajstić information content (AvgIpc) is 2.84. The monoisotopic (exact) mass is 258 g/mol. The van der Waals surface area contributed by atoms with Crippen LogP contribution >= 0.6 is 0 Å². The SMILES string of the molecule is CC(CN1CCCC1O)N1C=Cc2ccccc2C1. The first kappa shape index (κ1) is 12.7. The number of benzene rings is 1. The summed E-state index contributed by atoms with van der Waals surface area (Å²) in [6.45, 7) is 5.18. The molecule has 0 aliphatic carbocycles. The Morgan fingerprint density at radius 1 is 1.37 bits per heavy atom. The minimum absolute atomic E-state index is 0.233. The fourth-order valence-electron chi connectivity index (χ4n) is 3.03. The van der Waals surface area contributed by atoms with Crippen LogP contribution < -0.4 is 0 Å². The number of nitrogens with zero attached hydrogens (tertiary/aromatic N) is 2. The Bertz CT molecular complexity index is 472. The number of fused-ring (bicyclic) bond motifs is 1. The summed E-state index contributed by atoms with van der Waals surface area (Å²) in [6, 6.07) is 8.98. The summed E-state index contributed by atoms with van der Waals surface area (Å²) in [5.41, 5.74) is 2.71. The van der Waals surface area contributed by atoms with E-state index in [2.05, 4.69) is 53.3 Å². The average molecular weight is 258 g/mol. The molecule has 0 aromatic heterocycles. The van der Waals surface area contributed by atoms with E-state index >= 15 is 0 Å². The van der Waals surface area contributed by atoms with Gasteiger partial charge in [0.2, 0.25) is 0 Å². The van der Waals surface area contributed by atoms with Crippen molar-refractivity contribution in [2.24, 2.45) is 0 Å². The normalized spacial score (nSPS) is 24.5. The van der Waals surface area contributed by atoms with Crippen LogP contribution in [0.4, 0.5) is 0 Å². The molecule has 2 atom stereocenters. The topological polar surface area (TPSA) is 26.7 Å². The van der Waals surface area contributed by atoms with Gasteiger partial charge in [0.1, 0.15) is 6.23 Å². The molecule has 1 N–H and O–H groups in total. The first-order valence-electron chi connectivity index (χ1n) is 7.18. The molecule has 0 radical (unpaired) electrons. The third-order valence-corrected chi connectivity index (χ3v) is 4.25. The lowest BCUT2D eigenvalue weighted by molar-refractivity contribution is 0.0239. The van der Waals surface area contributed by atoms with E-state index in [4.69, 9.17) is 0 Å². The van der Waals surface area contributed by atoms with Gasteiger partial charge in [-0.25, -0.2) is 0 Å². The maximum atomic E-state index is 9.88. The zero-order valence-electron chi connectivity index (χ0n) is 11.5. The molecule has 1 saturated heterocycles. The van der Waals surface area contributed by atoms with Crippen molar-refractivity contribution in [2.45, 2.75) is 38.6 Å². The molecule has 1 fully saturated rings. The highest BCUT2D eigenvalue weighted by Gasteiger charge is 2.25. The first-order valence-corrected chi connectivity index (χ1v) is 7.18. The third kappa shape index (κ3) is 2.67. The Kier molecular flexibility index (Phi) is 3.58. The van der Waals surface area contributed by atoms with Crippen molar-refractivity contribution in [1.29, 1.82) is 0 Å². The summed E-state index contributed by atoms with van der Waals surface area (Å²) in [5.74, 6) is 0. The zero-order valence-corrected chi connectivity index (χ0v) is 11.5. The van der Waals surface area contributed by atoms with Crippen LogP contribution in [0, 0.1) is 0 Å². The summed E-state index contributed by atoms with van der Waals surface area (Å²) in [5, 5.41) is 9.88. The van der Waals surface area contributed by atoms with Crippen molar-refractivity contribution in [3.63, 3.8) is 0 Å². The minimum atomic E-state index is -0.233. The molecule has 3 nitrogen and oxygen atoms in total. The van der Waals surface area contributed by atoms with E-state index in [1.54, 1.807) is 0 Å². The molecular weight excluding hydrogens is 236 g/mol. The molecule has 2 aliphatic heterocycles. The van der Waals surface area contributed by atoms with Crippen LogP contribution in [0.15, 0.2) is 30.5 Å². The lowest BCUT2D eigenvalue weighted by atomic mass is 10.0. The Morgan fingerprint density at radius 2 is 2.21 bits per heavy atom. The highest BCUT2D eigenvalue weighted by Crippen LogP contribution is 2.22. The molecule has 3 heteroatoms. The Balaban J connectivity index is 1.64. The Labute approximate surface area is 115 Å². The fourth-order valence-corrected chi connectivity index (χ4v) is 3.03. The maximum absolute atomic E-state index is 9.88. The van der Waals surface area contributed by atoms with E-state index in [9.17, 15) is 5.11 Å². The van der Waals surface area contributed by atoms with Crippen LogP contribution in [0.2, 0.25) is 0 Å². The van der Waals surface area contributed by atoms with Crippen molar-refractivity contribution in [2.75, 3.05) is 13.1 Å². The van der Waals surface area contributed by atoms with E-state index in [0.717, 1.165) is 32.5 Å². The highest BCUT2D eigenvalue weighted by molar-refractivity contribution is 5.55. The van der Waals surface area contributed by atoms with Gasteiger partial charge in [-0.1, -0.05) is 24.3 Å². The molecule has 2 heterocycles. The molecule has 2 aliphatic rings. The molecule has 1 aromatic carbocycles. The van der Waals surface area contributed by atoms with Crippen molar-refractivity contribution >= 4 is 6.08 Å². The van der Waals surface area contributed by atoms with E-state index in [1.807, 2.05) is 0 Å². The van der Waals surface area contributed by atoms with E-state index in [0.29, 0.717) is 6.04 Å². The predicted molar refractivity (Wildman–Crippen MR) is 77.3 cm³/mol. The Hall–Kier alpha value is -1.32. The highest BCUT2D eigenvalue weighted by atomic mass is 16.3. The van der Waals surface area contributed by atoms with Crippen LogP contribution in [0.5, 0.6) is 0 Å². The lowest BCUT2D eigenvalue weighted by Crippen LogP contribution is -2.42. The van der Waals surface area contributed by atoms with Crippen molar-refractivity contribution in [3.05, 3.63) is 41.6 Å².